The van der Waals surface area contributed by atoms with Crippen molar-refractivity contribution in [2.45, 2.75) is 44.2 Å². The minimum absolute atomic E-state index is 0.145. The number of hydrogen-bond donors (Lipinski definition) is 1. The van der Waals surface area contributed by atoms with Gasteiger partial charge in [0.05, 0.1) is 11.6 Å². The summed E-state index contributed by atoms with van der Waals surface area (Å²) in [5, 5.41) is 2.73. The van der Waals surface area contributed by atoms with Gasteiger partial charge in [-0.2, -0.15) is 0 Å². The van der Waals surface area contributed by atoms with Gasteiger partial charge in [-0.1, -0.05) is 0 Å². The van der Waals surface area contributed by atoms with Gasteiger partial charge in [0, 0.05) is 14.0 Å². The standard InChI is InChI=1S/C10H17NO3/c1-8(13)11-10(7-12)5-3-9(14-2)4-6-10/h7,9H,3-6H2,1-2H3,(H,11,13)/t9-,10+. The number of carbonyl (C=O) groups is 2. The van der Waals surface area contributed by atoms with Gasteiger partial charge < -0.3 is 14.8 Å². The molecule has 0 saturated heterocycles. The number of ether oxygens (including phenoxy) is 1. The number of amides is 1. The summed E-state index contributed by atoms with van der Waals surface area (Å²) in [5.74, 6) is -0.145. The fourth-order valence-electron chi connectivity index (χ4n) is 1.97. The van der Waals surface area contributed by atoms with Crippen molar-refractivity contribution in [2.75, 3.05) is 7.11 Å². The Morgan fingerprint density at radius 3 is 2.43 bits per heavy atom. The molecule has 0 spiro atoms. The van der Waals surface area contributed by atoms with Crippen LogP contribution in [0.25, 0.3) is 0 Å². The van der Waals surface area contributed by atoms with Gasteiger partial charge in [-0.15, -0.1) is 0 Å². The maximum Gasteiger partial charge on any atom is 0.217 e. The molecular weight excluding hydrogens is 182 g/mol. The second kappa shape index (κ2) is 4.55. The van der Waals surface area contributed by atoms with Crippen molar-refractivity contribution in [1.82, 2.24) is 5.32 Å². The molecular formula is C10H17NO3. The molecule has 1 amide bonds. The minimum Gasteiger partial charge on any atom is -0.381 e. The van der Waals surface area contributed by atoms with Crippen molar-refractivity contribution >= 4 is 12.2 Å². The van der Waals surface area contributed by atoms with Crippen LogP contribution in [0.3, 0.4) is 0 Å². The number of nitrogens with one attached hydrogen (secondary N) is 1. The molecule has 1 rings (SSSR count). The smallest absolute Gasteiger partial charge is 0.217 e. The molecule has 0 unspecified atom stereocenters. The van der Waals surface area contributed by atoms with E-state index in [4.69, 9.17) is 4.74 Å². The molecule has 0 heterocycles. The minimum atomic E-state index is -0.638. The van der Waals surface area contributed by atoms with E-state index < -0.39 is 5.54 Å². The first-order valence-electron chi connectivity index (χ1n) is 4.90. The molecule has 0 atom stereocenters. The summed E-state index contributed by atoms with van der Waals surface area (Å²) in [6, 6.07) is 0. The van der Waals surface area contributed by atoms with Crippen molar-refractivity contribution in [1.29, 1.82) is 0 Å². The second-order valence-corrected chi connectivity index (χ2v) is 3.89. The highest BCUT2D eigenvalue weighted by atomic mass is 16.5. The highest BCUT2D eigenvalue weighted by Gasteiger charge is 2.35. The van der Waals surface area contributed by atoms with Gasteiger partial charge in [-0.05, 0) is 25.7 Å². The summed E-state index contributed by atoms with van der Waals surface area (Å²) in [6.07, 6.45) is 4.10. The summed E-state index contributed by atoms with van der Waals surface area (Å²) in [4.78, 5) is 21.9. The van der Waals surface area contributed by atoms with Crippen LogP contribution in [-0.4, -0.2) is 30.9 Å². The van der Waals surface area contributed by atoms with Gasteiger partial charge in [-0.25, -0.2) is 0 Å². The van der Waals surface area contributed by atoms with Crippen LogP contribution in [0.15, 0.2) is 0 Å². The average Bonchev–Trinajstić information content (AvgIpc) is 2.18. The Morgan fingerprint density at radius 2 is 2.07 bits per heavy atom. The molecule has 1 aliphatic carbocycles. The van der Waals surface area contributed by atoms with Crippen LogP contribution in [0.2, 0.25) is 0 Å². The molecule has 4 nitrogen and oxygen atoms in total. The third-order valence-corrected chi connectivity index (χ3v) is 2.81. The maximum absolute atomic E-state index is 11.0. The number of methoxy groups -OCH3 is 1. The third kappa shape index (κ3) is 2.54. The van der Waals surface area contributed by atoms with E-state index in [1.807, 2.05) is 0 Å². The van der Waals surface area contributed by atoms with Crippen LogP contribution in [0.4, 0.5) is 0 Å². The quantitative estimate of drug-likeness (QED) is 0.679. The fraction of sp³-hybridized carbons (Fsp3) is 0.800. The van der Waals surface area contributed by atoms with Crippen molar-refractivity contribution in [3.8, 4) is 0 Å². The van der Waals surface area contributed by atoms with Gasteiger partial charge >= 0.3 is 0 Å². The van der Waals surface area contributed by atoms with Gasteiger partial charge in [-0.3, -0.25) is 4.79 Å². The van der Waals surface area contributed by atoms with Crippen molar-refractivity contribution in [2.24, 2.45) is 0 Å². The summed E-state index contributed by atoms with van der Waals surface area (Å²) in [6.45, 7) is 1.44. The van der Waals surface area contributed by atoms with Gasteiger partial charge in [0.15, 0.2) is 0 Å². The molecule has 1 saturated carbocycles. The monoisotopic (exact) mass is 199 g/mol. The third-order valence-electron chi connectivity index (χ3n) is 2.81. The van der Waals surface area contributed by atoms with Crippen molar-refractivity contribution < 1.29 is 14.3 Å². The number of carbonyl (C=O) groups excluding carboxylic acids is 2. The van der Waals surface area contributed by atoms with E-state index in [0.29, 0.717) is 12.8 Å². The molecule has 0 aromatic heterocycles. The van der Waals surface area contributed by atoms with E-state index in [0.717, 1.165) is 19.1 Å². The molecule has 0 bridgehead atoms. The zero-order valence-corrected chi connectivity index (χ0v) is 8.71. The van der Waals surface area contributed by atoms with Crippen molar-refractivity contribution in [3.63, 3.8) is 0 Å². The number of hydrogen-bond acceptors (Lipinski definition) is 3. The first kappa shape index (κ1) is 11.2. The fourth-order valence-corrected chi connectivity index (χ4v) is 1.97. The van der Waals surface area contributed by atoms with Crippen LogP contribution in [0.1, 0.15) is 32.6 Å². The normalized spacial score (nSPS) is 32.3. The predicted octanol–water partition coefficient (Wildman–Crippen LogP) is 0.649. The summed E-state index contributed by atoms with van der Waals surface area (Å²) < 4.78 is 5.21. The predicted molar refractivity (Wildman–Crippen MR) is 51.9 cm³/mol. The summed E-state index contributed by atoms with van der Waals surface area (Å²) >= 11 is 0. The summed E-state index contributed by atoms with van der Waals surface area (Å²) in [7, 11) is 1.68. The Morgan fingerprint density at radius 1 is 1.50 bits per heavy atom. The Hall–Kier alpha value is -0.900. The van der Waals surface area contributed by atoms with Gasteiger partial charge in [0.2, 0.25) is 5.91 Å². The molecule has 0 aromatic rings. The van der Waals surface area contributed by atoms with E-state index in [-0.39, 0.29) is 12.0 Å². The van der Waals surface area contributed by atoms with Crippen LogP contribution >= 0.6 is 0 Å². The SMILES string of the molecule is CO[C@H]1CC[C@@](C=O)(NC(C)=O)CC1. The largest absolute Gasteiger partial charge is 0.381 e. The lowest BCUT2D eigenvalue weighted by Crippen LogP contribution is -2.52. The highest BCUT2D eigenvalue weighted by molar-refractivity contribution is 5.79. The molecule has 4 heteroatoms. The lowest BCUT2D eigenvalue weighted by Gasteiger charge is -2.35. The Kier molecular flexibility index (Phi) is 3.63. The van der Waals surface area contributed by atoms with Crippen molar-refractivity contribution in [3.05, 3.63) is 0 Å². The zero-order valence-electron chi connectivity index (χ0n) is 8.71. The molecule has 14 heavy (non-hydrogen) atoms. The molecule has 0 aliphatic heterocycles. The lowest BCUT2D eigenvalue weighted by molar-refractivity contribution is -0.127. The highest BCUT2D eigenvalue weighted by Crippen LogP contribution is 2.28. The molecule has 80 valence electrons. The van der Waals surface area contributed by atoms with Crippen LogP contribution in [-0.2, 0) is 14.3 Å². The number of aldehydes is 1. The molecule has 1 N–H and O–H groups in total. The van der Waals surface area contributed by atoms with E-state index in [1.165, 1.54) is 6.92 Å². The number of rotatable bonds is 3. The lowest BCUT2D eigenvalue weighted by atomic mass is 9.81. The Bertz CT molecular complexity index is 219. The molecule has 0 aromatic carbocycles. The zero-order chi connectivity index (χ0) is 10.6. The van der Waals surface area contributed by atoms with Crippen LogP contribution in [0.5, 0.6) is 0 Å². The molecule has 0 radical (unpaired) electrons. The Balaban J connectivity index is 2.56. The van der Waals surface area contributed by atoms with E-state index >= 15 is 0 Å². The molecule has 1 fully saturated rings. The van der Waals surface area contributed by atoms with Crippen LogP contribution in [0, 0.1) is 0 Å². The van der Waals surface area contributed by atoms with Gasteiger partial charge in [0.25, 0.3) is 0 Å². The van der Waals surface area contributed by atoms with Gasteiger partial charge in [0.1, 0.15) is 6.29 Å². The summed E-state index contributed by atoms with van der Waals surface area (Å²) in [5.41, 5.74) is -0.638. The van der Waals surface area contributed by atoms with E-state index in [9.17, 15) is 9.59 Å². The maximum atomic E-state index is 11.0. The van der Waals surface area contributed by atoms with E-state index in [1.54, 1.807) is 7.11 Å². The van der Waals surface area contributed by atoms with Crippen LogP contribution < -0.4 is 5.32 Å². The first-order valence-corrected chi connectivity index (χ1v) is 4.90. The first-order chi connectivity index (χ1) is 6.62. The topological polar surface area (TPSA) is 55.4 Å². The average molecular weight is 199 g/mol. The Labute approximate surface area is 84.0 Å². The molecule has 1 aliphatic rings. The second-order valence-electron chi connectivity index (χ2n) is 3.89. The van der Waals surface area contributed by atoms with E-state index in [2.05, 4.69) is 5.32 Å².